The average molecular weight is 530 g/mol. The van der Waals surface area contributed by atoms with E-state index in [2.05, 4.69) is 26.1 Å². The Morgan fingerprint density at radius 3 is 1.51 bits per heavy atom. The van der Waals surface area contributed by atoms with Gasteiger partial charge in [0.1, 0.15) is 13.2 Å². The van der Waals surface area contributed by atoms with Gasteiger partial charge in [0.15, 0.2) is 0 Å². The lowest BCUT2D eigenvalue weighted by molar-refractivity contribution is -0.153. The molecule has 0 fully saturated rings. The molecule has 0 radical (unpaired) electrons. The summed E-state index contributed by atoms with van der Waals surface area (Å²) in [4.78, 5) is 23.8. The monoisotopic (exact) mass is 530 g/mol. The zero-order valence-corrected chi connectivity index (χ0v) is 26.6. The molecule has 0 rings (SSSR count). The first-order valence-corrected chi connectivity index (χ1v) is 15.8. The minimum absolute atomic E-state index is 0.0716. The molecule has 1 N–H and O–H groups in total. The van der Waals surface area contributed by atoms with Crippen LogP contribution in [0, 0.1) is 5.92 Å². The highest BCUT2D eigenvalue weighted by atomic mass is 16.6. The van der Waals surface area contributed by atoms with Gasteiger partial charge in [-0.3, -0.25) is 9.59 Å². The van der Waals surface area contributed by atoms with E-state index in [-0.39, 0.29) is 19.1 Å². The Morgan fingerprint density at radius 2 is 1.11 bits per heavy atom. The van der Waals surface area contributed by atoms with Crippen molar-refractivity contribution in [2.24, 2.45) is 5.92 Å². The Balaban J connectivity index is -0.00000274. The van der Waals surface area contributed by atoms with Crippen molar-refractivity contribution in [1.82, 2.24) is 5.32 Å². The summed E-state index contributed by atoms with van der Waals surface area (Å²) in [5.74, 6) is -0.0583. The lowest BCUT2D eigenvalue weighted by atomic mass is 10.0. The number of nitrogens with one attached hydrogen (secondary N) is 1. The molecule has 0 saturated heterocycles. The smallest absolute Gasteiger partial charge is 0.325 e. The topological polar surface area (TPSA) is 64.6 Å². The molecule has 0 unspecified atom stereocenters. The lowest BCUT2D eigenvalue weighted by Crippen LogP contribution is -2.36. The summed E-state index contributed by atoms with van der Waals surface area (Å²) >= 11 is 0. The van der Waals surface area contributed by atoms with Gasteiger partial charge in [-0.05, 0) is 26.2 Å². The van der Waals surface area contributed by atoms with Crippen molar-refractivity contribution < 1.29 is 19.1 Å². The lowest BCUT2D eigenvalue weighted by Gasteiger charge is -2.25. The SMILES string of the molecule is CC.CC.CCCCCCCCCCCCCCCCCC(=O)NCC(=O)OCC(C)(C)OCC(C)C. The van der Waals surface area contributed by atoms with Crippen LogP contribution in [0.25, 0.3) is 0 Å². The highest BCUT2D eigenvalue weighted by Crippen LogP contribution is 2.14. The van der Waals surface area contributed by atoms with E-state index in [1.165, 1.54) is 83.5 Å². The van der Waals surface area contributed by atoms with Gasteiger partial charge in [0.2, 0.25) is 5.91 Å². The largest absolute Gasteiger partial charge is 0.461 e. The van der Waals surface area contributed by atoms with Crippen molar-refractivity contribution in [3.8, 4) is 0 Å². The number of ether oxygens (including phenoxy) is 2. The molecule has 0 atom stereocenters. The number of carbonyl (C=O) groups is 2. The molecule has 0 aromatic rings. The quantitative estimate of drug-likeness (QED) is 0.106. The van der Waals surface area contributed by atoms with E-state index in [1.807, 2.05) is 41.5 Å². The Hall–Kier alpha value is -1.10. The minimum Gasteiger partial charge on any atom is -0.461 e. The van der Waals surface area contributed by atoms with Crippen molar-refractivity contribution >= 4 is 11.9 Å². The van der Waals surface area contributed by atoms with Crippen LogP contribution in [0.5, 0.6) is 0 Å². The number of unbranched alkanes of at least 4 members (excludes halogenated alkanes) is 14. The van der Waals surface area contributed by atoms with Crippen LogP contribution in [0.15, 0.2) is 0 Å². The fourth-order valence-electron chi connectivity index (χ4n) is 3.66. The van der Waals surface area contributed by atoms with Crippen LogP contribution in [0.1, 0.15) is 165 Å². The standard InChI is InChI=1S/C28H55NO4.2C2H6/c1-6-7-8-9-10-11-12-13-14-15-16-17-18-19-20-21-26(30)29-22-27(31)32-24-28(4,5)33-23-25(2)3;2*1-2/h25H,6-24H2,1-5H3,(H,29,30);2*1-2H3. The van der Waals surface area contributed by atoms with Gasteiger partial charge in [-0.15, -0.1) is 0 Å². The molecule has 0 heterocycles. The molecule has 0 aliphatic rings. The molecule has 5 heteroatoms. The third kappa shape index (κ3) is 34.9. The van der Waals surface area contributed by atoms with E-state index in [0.717, 1.165) is 12.8 Å². The van der Waals surface area contributed by atoms with Crippen LogP contribution in [-0.4, -0.2) is 37.2 Å². The fourth-order valence-corrected chi connectivity index (χ4v) is 3.66. The summed E-state index contributed by atoms with van der Waals surface area (Å²) in [6, 6.07) is 0. The van der Waals surface area contributed by atoms with E-state index in [9.17, 15) is 9.59 Å². The van der Waals surface area contributed by atoms with E-state index in [1.54, 1.807) is 0 Å². The van der Waals surface area contributed by atoms with Crippen molar-refractivity contribution in [2.75, 3.05) is 19.8 Å². The van der Waals surface area contributed by atoms with Crippen LogP contribution in [0.3, 0.4) is 0 Å². The zero-order valence-electron chi connectivity index (χ0n) is 26.6. The van der Waals surface area contributed by atoms with Gasteiger partial charge in [0, 0.05) is 13.0 Å². The summed E-state index contributed by atoms with van der Waals surface area (Å²) < 4.78 is 11.0. The first kappa shape index (κ1) is 40.4. The first-order valence-electron chi connectivity index (χ1n) is 15.8. The molecular formula is C32H67NO4. The molecule has 0 spiro atoms. The second-order valence-corrected chi connectivity index (χ2v) is 10.6. The minimum atomic E-state index is -0.516. The Labute approximate surface area is 232 Å². The van der Waals surface area contributed by atoms with E-state index in [0.29, 0.717) is 18.9 Å². The molecule has 0 aromatic heterocycles. The van der Waals surface area contributed by atoms with Gasteiger partial charge in [0.25, 0.3) is 0 Å². The van der Waals surface area contributed by atoms with Gasteiger partial charge >= 0.3 is 5.97 Å². The molecule has 0 bridgehead atoms. The fraction of sp³-hybridized carbons (Fsp3) is 0.938. The van der Waals surface area contributed by atoms with Crippen LogP contribution >= 0.6 is 0 Å². The molecule has 0 saturated carbocycles. The van der Waals surface area contributed by atoms with Gasteiger partial charge in [-0.1, -0.05) is 138 Å². The van der Waals surface area contributed by atoms with Crippen LogP contribution in [0.2, 0.25) is 0 Å². The van der Waals surface area contributed by atoms with Crippen molar-refractivity contribution in [2.45, 2.75) is 171 Å². The van der Waals surface area contributed by atoms with Crippen LogP contribution in [-0.2, 0) is 19.1 Å². The van der Waals surface area contributed by atoms with Crippen LogP contribution in [0.4, 0.5) is 0 Å². The molecule has 1 amide bonds. The van der Waals surface area contributed by atoms with Crippen LogP contribution < -0.4 is 5.32 Å². The normalized spacial score (nSPS) is 10.8. The van der Waals surface area contributed by atoms with Gasteiger partial charge in [-0.25, -0.2) is 0 Å². The molecule has 5 nitrogen and oxygen atoms in total. The molecule has 0 aliphatic heterocycles. The third-order valence-electron chi connectivity index (χ3n) is 5.83. The van der Waals surface area contributed by atoms with Gasteiger partial charge < -0.3 is 14.8 Å². The predicted octanol–water partition coefficient (Wildman–Crippen LogP) is 9.41. The zero-order chi connectivity index (χ0) is 28.8. The highest BCUT2D eigenvalue weighted by Gasteiger charge is 2.21. The number of hydrogen-bond donors (Lipinski definition) is 1. The third-order valence-corrected chi connectivity index (χ3v) is 5.83. The summed E-state index contributed by atoms with van der Waals surface area (Å²) in [7, 11) is 0. The molecular weight excluding hydrogens is 462 g/mol. The van der Waals surface area contributed by atoms with Crippen molar-refractivity contribution in [3.05, 3.63) is 0 Å². The summed E-state index contributed by atoms with van der Waals surface area (Å²) in [6.07, 6.45) is 20.1. The Kier molecular flexibility index (Phi) is 34.0. The Bertz CT molecular complexity index is 477. The molecule has 224 valence electrons. The average Bonchev–Trinajstić information content (AvgIpc) is 2.89. The number of esters is 1. The summed E-state index contributed by atoms with van der Waals surface area (Å²) in [5.41, 5.74) is -0.516. The number of carbonyl (C=O) groups excluding carboxylic acids is 2. The van der Waals surface area contributed by atoms with Gasteiger partial charge in [-0.2, -0.15) is 0 Å². The van der Waals surface area contributed by atoms with E-state index < -0.39 is 11.6 Å². The number of hydrogen-bond acceptors (Lipinski definition) is 4. The maximum atomic E-state index is 11.9. The summed E-state index contributed by atoms with van der Waals surface area (Å²) in [6.45, 7) is 19.0. The Morgan fingerprint density at radius 1 is 0.703 bits per heavy atom. The van der Waals surface area contributed by atoms with E-state index in [4.69, 9.17) is 9.47 Å². The first-order chi connectivity index (χ1) is 17.8. The molecule has 37 heavy (non-hydrogen) atoms. The molecule has 0 aliphatic carbocycles. The second kappa shape index (κ2) is 31.1. The number of rotatable bonds is 23. The van der Waals surface area contributed by atoms with E-state index >= 15 is 0 Å². The summed E-state index contributed by atoms with van der Waals surface area (Å²) in [5, 5.41) is 2.66. The number of amides is 1. The predicted molar refractivity (Wildman–Crippen MR) is 161 cm³/mol. The highest BCUT2D eigenvalue weighted by molar-refractivity contribution is 5.81. The van der Waals surface area contributed by atoms with Gasteiger partial charge in [0.05, 0.1) is 5.60 Å². The maximum Gasteiger partial charge on any atom is 0.325 e. The maximum absolute atomic E-state index is 11.9. The van der Waals surface area contributed by atoms with Crippen molar-refractivity contribution in [1.29, 1.82) is 0 Å². The molecule has 0 aromatic carbocycles. The second-order valence-electron chi connectivity index (χ2n) is 10.6. The van der Waals surface area contributed by atoms with Crippen molar-refractivity contribution in [3.63, 3.8) is 0 Å².